The first-order chi connectivity index (χ1) is 12.0. The van der Waals surface area contributed by atoms with E-state index in [1.807, 2.05) is 19.1 Å². The first-order valence-electron chi connectivity index (χ1n) is 8.57. The molecule has 3 aromatic rings. The van der Waals surface area contributed by atoms with Crippen LogP contribution in [0.4, 0.5) is 4.39 Å². The summed E-state index contributed by atoms with van der Waals surface area (Å²) in [5.41, 5.74) is 4.10. The molecular formula is C19H21FN4O. The second-order valence-electron chi connectivity index (χ2n) is 6.88. The number of hydrogen-bond acceptors (Lipinski definition) is 3. The summed E-state index contributed by atoms with van der Waals surface area (Å²) in [6.07, 6.45) is 1.01. The molecule has 1 atom stereocenters. The van der Waals surface area contributed by atoms with Crippen molar-refractivity contribution in [2.24, 2.45) is 0 Å². The molecule has 0 radical (unpaired) electrons. The van der Waals surface area contributed by atoms with E-state index in [0.29, 0.717) is 17.1 Å². The number of H-pyrrole nitrogens is 1. The van der Waals surface area contributed by atoms with Gasteiger partial charge in [0.05, 0.1) is 0 Å². The van der Waals surface area contributed by atoms with Crippen molar-refractivity contribution < 1.29 is 4.39 Å². The number of aryl methyl sites for hydroxylation is 1. The molecule has 0 unspecified atom stereocenters. The molecule has 1 aromatic carbocycles. The summed E-state index contributed by atoms with van der Waals surface area (Å²) >= 11 is 0. The van der Waals surface area contributed by atoms with Crippen molar-refractivity contribution in [3.63, 3.8) is 0 Å². The minimum Gasteiger partial charge on any atom is -0.298 e. The van der Waals surface area contributed by atoms with Gasteiger partial charge in [-0.1, -0.05) is 12.1 Å². The second-order valence-corrected chi connectivity index (χ2v) is 6.88. The average Bonchev–Trinajstić information content (AvgIpc) is 3.20. The minimum atomic E-state index is -0.194. The number of hydrogen-bond donors (Lipinski definition) is 1. The van der Waals surface area contributed by atoms with Crippen LogP contribution in [-0.4, -0.2) is 32.6 Å². The molecule has 0 aliphatic carbocycles. The van der Waals surface area contributed by atoms with Gasteiger partial charge in [0.15, 0.2) is 5.65 Å². The van der Waals surface area contributed by atoms with E-state index < -0.39 is 0 Å². The Labute approximate surface area is 145 Å². The lowest BCUT2D eigenvalue weighted by molar-refractivity contribution is 0.325. The van der Waals surface area contributed by atoms with Gasteiger partial charge < -0.3 is 0 Å². The Morgan fingerprint density at radius 3 is 2.96 bits per heavy atom. The number of halogens is 1. The third kappa shape index (κ3) is 2.98. The summed E-state index contributed by atoms with van der Waals surface area (Å²) < 4.78 is 14.9. The van der Waals surface area contributed by atoms with E-state index >= 15 is 0 Å². The molecular weight excluding hydrogens is 319 g/mol. The van der Waals surface area contributed by atoms with Gasteiger partial charge in [0, 0.05) is 42.0 Å². The number of benzene rings is 1. The molecule has 0 bridgehead atoms. The van der Waals surface area contributed by atoms with Crippen LogP contribution in [0.3, 0.4) is 0 Å². The molecule has 2 aromatic heterocycles. The van der Waals surface area contributed by atoms with Crippen molar-refractivity contribution in [3.8, 4) is 0 Å². The Morgan fingerprint density at radius 2 is 2.16 bits per heavy atom. The van der Waals surface area contributed by atoms with E-state index in [4.69, 9.17) is 0 Å². The van der Waals surface area contributed by atoms with Gasteiger partial charge in [0.25, 0.3) is 5.56 Å². The predicted molar refractivity (Wildman–Crippen MR) is 94.3 cm³/mol. The van der Waals surface area contributed by atoms with Crippen LogP contribution in [0.25, 0.3) is 5.65 Å². The summed E-state index contributed by atoms with van der Waals surface area (Å²) in [6, 6.07) is 8.73. The first kappa shape index (κ1) is 16.0. The molecule has 1 N–H and O–H groups in total. The van der Waals surface area contributed by atoms with Crippen LogP contribution in [0.5, 0.6) is 0 Å². The fourth-order valence-electron chi connectivity index (χ4n) is 3.57. The van der Waals surface area contributed by atoms with Crippen LogP contribution >= 0.6 is 0 Å². The molecule has 130 valence electrons. The summed E-state index contributed by atoms with van der Waals surface area (Å²) in [5, 5.41) is 3.22. The van der Waals surface area contributed by atoms with E-state index in [9.17, 15) is 9.18 Å². The normalized spacial score (nSPS) is 18.3. The Balaban J connectivity index is 1.54. The Kier molecular flexibility index (Phi) is 3.92. The maximum absolute atomic E-state index is 13.3. The first-order valence-corrected chi connectivity index (χ1v) is 8.57. The molecule has 6 heteroatoms. The van der Waals surface area contributed by atoms with Gasteiger partial charge in [-0.25, -0.2) is 13.9 Å². The zero-order valence-electron chi connectivity index (χ0n) is 14.4. The van der Waals surface area contributed by atoms with Crippen LogP contribution in [0.1, 0.15) is 34.9 Å². The van der Waals surface area contributed by atoms with Crippen LogP contribution in [-0.2, 0) is 6.54 Å². The number of aromatic amines is 1. The van der Waals surface area contributed by atoms with Gasteiger partial charge in [0.1, 0.15) is 5.82 Å². The lowest BCUT2D eigenvalue weighted by atomic mass is 10.1. The minimum absolute atomic E-state index is 0.0386. The van der Waals surface area contributed by atoms with Crippen molar-refractivity contribution in [1.29, 1.82) is 0 Å². The Morgan fingerprint density at radius 1 is 1.32 bits per heavy atom. The van der Waals surface area contributed by atoms with Crippen LogP contribution in [0.15, 0.2) is 35.1 Å². The Hall–Kier alpha value is -2.47. The standard InChI is InChI=1S/C19H21FN4O/c1-12-13(2)21-18-9-17(22-24(18)19(12)25)15-6-7-23(11-15)10-14-4-3-5-16(20)8-14/h3-5,8-9,15,22H,6-7,10-11H2,1-2H3/t15-/m0/s1. The SMILES string of the molecule is Cc1nc2cc([C@H]3CCN(Cc4cccc(F)c4)C3)[nH]n2c(=O)c1C. The summed E-state index contributed by atoms with van der Waals surface area (Å²) in [4.78, 5) is 19.2. The predicted octanol–water partition coefficient (Wildman–Crippen LogP) is 2.77. The molecule has 3 heterocycles. The number of nitrogens with zero attached hydrogens (tertiary/aromatic N) is 3. The van der Waals surface area contributed by atoms with Crippen LogP contribution in [0, 0.1) is 19.7 Å². The fraction of sp³-hybridized carbons (Fsp3) is 0.368. The van der Waals surface area contributed by atoms with Crippen LogP contribution in [0.2, 0.25) is 0 Å². The summed E-state index contributed by atoms with van der Waals surface area (Å²) in [7, 11) is 0. The van der Waals surface area contributed by atoms with E-state index in [2.05, 4.69) is 15.0 Å². The average molecular weight is 340 g/mol. The molecule has 1 aliphatic rings. The molecule has 0 saturated carbocycles. The zero-order valence-corrected chi connectivity index (χ0v) is 14.4. The van der Waals surface area contributed by atoms with Gasteiger partial charge in [-0.15, -0.1) is 0 Å². The van der Waals surface area contributed by atoms with E-state index in [-0.39, 0.29) is 11.4 Å². The summed E-state index contributed by atoms with van der Waals surface area (Å²) in [6.45, 7) is 6.24. The number of fused-ring (bicyclic) bond motifs is 1. The Bertz CT molecular complexity index is 991. The highest BCUT2D eigenvalue weighted by molar-refractivity contribution is 5.42. The van der Waals surface area contributed by atoms with Crippen molar-refractivity contribution in [2.45, 2.75) is 32.7 Å². The lowest BCUT2D eigenvalue weighted by Crippen LogP contribution is -2.20. The molecule has 25 heavy (non-hydrogen) atoms. The highest BCUT2D eigenvalue weighted by Crippen LogP contribution is 2.27. The number of aromatic nitrogens is 3. The zero-order chi connectivity index (χ0) is 17.6. The van der Waals surface area contributed by atoms with Crippen molar-refractivity contribution >= 4 is 5.65 Å². The molecule has 1 fully saturated rings. The largest absolute Gasteiger partial charge is 0.298 e. The molecule has 0 spiro atoms. The summed E-state index contributed by atoms with van der Waals surface area (Å²) in [5.74, 6) is 0.135. The van der Waals surface area contributed by atoms with Crippen molar-refractivity contribution in [2.75, 3.05) is 13.1 Å². The topological polar surface area (TPSA) is 53.4 Å². The maximum atomic E-state index is 13.3. The molecule has 4 rings (SSSR count). The van der Waals surface area contributed by atoms with E-state index in [1.165, 1.54) is 10.6 Å². The van der Waals surface area contributed by atoms with Gasteiger partial charge in [-0.05, 0) is 44.5 Å². The number of nitrogens with one attached hydrogen (secondary N) is 1. The smallest absolute Gasteiger partial charge is 0.275 e. The molecule has 0 amide bonds. The van der Waals surface area contributed by atoms with Gasteiger partial charge in [0.2, 0.25) is 0 Å². The quantitative estimate of drug-likeness (QED) is 0.798. The molecule has 1 saturated heterocycles. The number of rotatable bonds is 3. The van der Waals surface area contributed by atoms with Crippen molar-refractivity contribution in [1.82, 2.24) is 19.5 Å². The lowest BCUT2D eigenvalue weighted by Gasteiger charge is -2.15. The molecule has 1 aliphatic heterocycles. The van der Waals surface area contributed by atoms with E-state index in [0.717, 1.165) is 43.0 Å². The highest BCUT2D eigenvalue weighted by atomic mass is 19.1. The number of likely N-dealkylation sites (tertiary alicyclic amines) is 1. The van der Waals surface area contributed by atoms with E-state index in [1.54, 1.807) is 19.1 Å². The third-order valence-corrected chi connectivity index (χ3v) is 5.11. The second kappa shape index (κ2) is 6.11. The van der Waals surface area contributed by atoms with Gasteiger partial charge in [-0.2, -0.15) is 0 Å². The van der Waals surface area contributed by atoms with Crippen molar-refractivity contribution in [3.05, 3.63) is 69.0 Å². The highest BCUT2D eigenvalue weighted by Gasteiger charge is 2.26. The monoisotopic (exact) mass is 340 g/mol. The third-order valence-electron chi connectivity index (χ3n) is 5.11. The fourth-order valence-corrected chi connectivity index (χ4v) is 3.57. The van der Waals surface area contributed by atoms with Gasteiger partial charge in [-0.3, -0.25) is 14.8 Å². The van der Waals surface area contributed by atoms with Crippen LogP contribution < -0.4 is 5.56 Å². The molecule has 5 nitrogen and oxygen atoms in total. The maximum Gasteiger partial charge on any atom is 0.275 e. The van der Waals surface area contributed by atoms with Gasteiger partial charge >= 0.3 is 0 Å².